The van der Waals surface area contributed by atoms with Crippen LogP contribution < -0.4 is 0 Å². The Balaban J connectivity index is 1.82. The van der Waals surface area contributed by atoms with Crippen LogP contribution in [-0.4, -0.2) is 43.3 Å². The highest BCUT2D eigenvalue weighted by Crippen LogP contribution is 2.35. The monoisotopic (exact) mass is 417 g/mol. The Hall–Kier alpha value is -2.91. The molecule has 0 bridgehead atoms. The van der Waals surface area contributed by atoms with Gasteiger partial charge < -0.3 is 14.6 Å². The van der Waals surface area contributed by atoms with Gasteiger partial charge in [0.25, 0.3) is 5.91 Å². The molecule has 1 amide bonds. The second-order valence-corrected chi connectivity index (χ2v) is 7.58. The first-order valence-electron chi connectivity index (χ1n) is 8.23. The maximum Gasteiger partial charge on any atom is 0.326 e. The fraction of sp³-hybridized carbons (Fsp3) is 0.158. The molecule has 0 saturated carbocycles. The van der Waals surface area contributed by atoms with E-state index in [1.165, 1.54) is 6.08 Å². The van der Waals surface area contributed by atoms with E-state index < -0.39 is 23.9 Å². The number of nitrogens with zero attached hydrogens (tertiary/aromatic N) is 1. The molecule has 144 valence electrons. The minimum absolute atomic E-state index is 0.0730. The molecule has 1 aliphatic heterocycles. The standard InChI is InChI=1S/C19H15NO6S2/c21-16(22)9-7-13(18(24)25)20-17(23)15(28-19(20)27)10-12-6-8-14(26-12)11-4-2-1-3-5-11/h1-6,8,10,13H,7,9H2,(H,21,22)(H,24,25)/b15-10-/t13-/m0/s1. The lowest BCUT2D eigenvalue weighted by Gasteiger charge is -2.22. The number of carboxylic acids is 2. The van der Waals surface area contributed by atoms with E-state index in [-0.39, 0.29) is 22.1 Å². The Kier molecular flexibility index (Phi) is 5.96. The topological polar surface area (TPSA) is 108 Å². The number of aliphatic carboxylic acids is 2. The lowest BCUT2D eigenvalue weighted by molar-refractivity contribution is -0.146. The second-order valence-electron chi connectivity index (χ2n) is 5.91. The summed E-state index contributed by atoms with van der Waals surface area (Å²) in [6.07, 6.45) is 0.886. The first-order chi connectivity index (χ1) is 13.4. The lowest BCUT2D eigenvalue weighted by atomic mass is 10.1. The maximum atomic E-state index is 12.7. The van der Waals surface area contributed by atoms with Gasteiger partial charge in [-0.25, -0.2) is 4.79 Å². The molecule has 0 unspecified atom stereocenters. The molecule has 3 rings (SSSR count). The second kappa shape index (κ2) is 8.41. The molecule has 1 aromatic carbocycles. The number of thioether (sulfide) groups is 1. The molecule has 0 aliphatic carbocycles. The van der Waals surface area contributed by atoms with Crippen LogP contribution in [0.2, 0.25) is 0 Å². The van der Waals surface area contributed by atoms with Crippen LogP contribution in [0.5, 0.6) is 0 Å². The fourth-order valence-corrected chi connectivity index (χ4v) is 4.03. The third-order valence-corrected chi connectivity index (χ3v) is 5.34. The Morgan fingerprint density at radius 3 is 2.54 bits per heavy atom. The molecule has 2 N–H and O–H groups in total. The highest BCUT2D eigenvalue weighted by Gasteiger charge is 2.40. The molecule has 1 aromatic heterocycles. The molecule has 1 aliphatic rings. The Bertz CT molecular complexity index is 966. The zero-order valence-electron chi connectivity index (χ0n) is 14.4. The average molecular weight is 417 g/mol. The fourth-order valence-electron chi connectivity index (χ4n) is 2.69. The van der Waals surface area contributed by atoms with Crippen LogP contribution >= 0.6 is 24.0 Å². The highest BCUT2D eigenvalue weighted by atomic mass is 32.2. The number of benzene rings is 1. The lowest BCUT2D eigenvalue weighted by Crippen LogP contribution is -2.44. The summed E-state index contributed by atoms with van der Waals surface area (Å²) in [4.78, 5) is 36.2. The quantitative estimate of drug-likeness (QED) is 0.521. The van der Waals surface area contributed by atoms with Crippen LogP contribution in [0.15, 0.2) is 51.8 Å². The third kappa shape index (κ3) is 4.32. The van der Waals surface area contributed by atoms with Crippen molar-refractivity contribution < 1.29 is 29.0 Å². The molecule has 1 saturated heterocycles. The summed E-state index contributed by atoms with van der Waals surface area (Å²) in [5.41, 5.74) is 0.884. The van der Waals surface area contributed by atoms with Crippen LogP contribution in [0.3, 0.4) is 0 Å². The van der Waals surface area contributed by atoms with E-state index in [0.29, 0.717) is 11.5 Å². The first kappa shape index (κ1) is 19.8. The van der Waals surface area contributed by atoms with Gasteiger partial charge in [-0.15, -0.1) is 0 Å². The smallest absolute Gasteiger partial charge is 0.326 e. The van der Waals surface area contributed by atoms with Crippen molar-refractivity contribution in [3.63, 3.8) is 0 Å². The Labute approximate surface area is 169 Å². The zero-order chi connectivity index (χ0) is 20.3. The van der Waals surface area contributed by atoms with Crippen molar-refractivity contribution >= 4 is 52.2 Å². The van der Waals surface area contributed by atoms with E-state index in [9.17, 15) is 19.5 Å². The summed E-state index contributed by atoms with van der Waals surface area (Å²) < 4.78 is 5.81. The minimum atomic E-state index is -1.33. The molecule has 28 heavy (non-hydrogen) atoms. The normalized spacial score (nSPS) is 16.6. The van der Waals surface area contributed by atoms with E-state index in [0.717, 1.165) is 22.2 Å². The van der Waals surface area contributed by atoms with Gasteiger partial charge in [-0.05, 0) is 18.6 Å². The molecule has 1 atom stereocenters. The number of rotatable bonds is 7. The van der Waals surface area contributed by atoms with Crippen LogP contribution in [0, 0.1) is 0 Å². The van der Waals surface area contributed by atoms with Crippen molar-refractivity contribution in [2.45, 2.75) is 18.9 Å². The van der Waals surface area contributed by atoms with Crippen LogP contribution in [0.4, 0.5) is 0 Å². The van der Waals surface area contributed by atoms with Gasteiger partial charge in [0.1, 0.15) is 21.9 Å². The summed E-state index contributed by atoms with van der Waals surface area (Å²) >= 11 is 6.11. The van der Waals surface area contributed by atoms with Crippen molar-refractivity contribution in [2.24, 2.45) is 0 Å². The number of thiocarbonyl (C=S) groups is 1. The molecule has 0 spiro atoms. The number of furan rings is 1. The number of amides is 1. The van der Waals surface area contributed by atoms with Gasteiger partial charge in [-0.1, -0.05) is 54.3 Å². The van der Waals surface area contributed by atoms with Crippen molar-refractivity contribution in [1.29, 1.82) is 0 Å². The van der Waals surface area contributed by atoms with Crippen molar-refractivity contribution in [3.8, 4) is 11.3 Å². The van der Waals surface area contributed by atoms with Gasteiger partial charge in [0.15, 0.2) is 0 Å². The molecule has 0 radical (unpaired) electrons. The van der Waals surface area contributed by atoms with Gasteiger partial charge >= 0.3 is 11.9 Å². The van der Waals surface area contributed by atoms with E-state index in [4.69, 9.17) is 21.7 Å². The predicted molar refractivity (Wildman–Crippen MR) is 107 cm³/mol. The van der Waals surface area contributed by atoms with Crippen molar-refractivity contribution in [1.82, 2.24) is 4.90 Å². The zero-order valence-corrected chi connectivity index (χ0v) is 16.0. The SMILES string of the molecule is O=C(O)CC[C@@H](C(=O)O)N1C(=O)/C(=C/c2ccc(-c3ccccc3)o2)SC1=S. The van der Waals surface area contributed by atoms with E-state index in [2.05, 4.69) is 0 Å². The Morgan fingerprint density at radius 1 is 1.18 bits per heavy atom. The molecule has 2 heterocycles. The van der Waals surface area contributed by atoms with E-state index in [1.807, 2.05) is 30.3 Å². The van der Waals surface area contributed by atoms with Crippen LogP contribution in [0.25, 0.3) is 17.4 Å². The van der Waals surface area contributed by atoms with Gasteiger partial charge in [-0.2, -0.15) is 0 Å². The molecule has 1 fully saturated rings. The molecular weight excluding hydrogens is 402 g/mol. The van der Waals surface area contributed by atoms with Gasteiger partial charge in [0.2, 0.25) is 0 Å². The maximum absolute atomic E-state index is 12.7. The molecular formula is C19H15NO6S2. The molecule has 7 nitrogen and oxygen atoms in total. The van der Waals surface area contributed by atoms with Gasteiger partial charge in [0, 0.05) is 18.1 Å². The first-order valence-corrected chi connectivity index (χ1v) is 9.46. The summed E-state index contributed by atoms with van der Waals surface area (Å²) in [6.45, 7) is 0. The number of hydrogen-bond donors (Lipinski definition) is 2. The Morgan fingerprint density at radius 2 is 1.89 bits per heavy atom. The largest absolute Gasteiger partial charge is 0.481 e. The van der Waals surface area contributed by atoms with Gasteiger partial charge in [-0.3, -0.25) is 14.5 Å². The summed E-state index contributed by atoms with van der Waals surface area (Å²) in [7, 11) is 0. The van der Waals surface area contributed by atoms with Crippen molar-refractivity contribution in [2.75, 3.05) is 0 Å². The number of carbonyl (C=O) groups excluding carboxylic acids is 1. The summed E-state index contributed by atoms with van der Waals surface area (Å²) in [5.74, 6) is -1.96. The summed E-state index contributed by atoms with van der Waals surface area (Å²) in [5, 5.41) is 18.2. The average Bonchev–Trinajstić information content (AvgIpc) is 3.22. The molecule has 9 heteroatoms. The molecule has 2 aromatic rings. The number of carbonyl (C=O) groups is 3. The van der Waals surface area contributed by atoms with E-state index >= 15 is 0 Å². The minimum Gasteiger partial charge on any atom is -0.481 e. The number of hydrogen-bond acceptors (Lipinski definition) is 6. The van der Waals surface area contributed by atoms with Crippen molar-refractivity contribution in [3.05, 3.63) is 53.1 Å². The summed E-state index contributed by atoms with van der Waals surface area (Å²) in [6, 6.07) is 11.6. The number of carboxylic acid groups (broad SMARTS) is 2. The predicted octanol–water partition coefficient (Wildman–Crippen LogP) is 3.47. The van der Waals surface area contributed by atoms with Crippen LogP contribution in [0.1, 0.15) is 18.6 Å². The van der Waals surface area contributed by atoms with Gasteiger partial charge in [0.05, 0.1) is 4.91 Å². The van der Waals surface area contributed by atoms with Crippen LogP contribution in [-0.2, 0) is 14.4 Å². The third-order valence-electron chi connectivity index (χ3n) is 4.01. The highest BCUT2D eigenvalue weighted by molar-refractivity contribution is 8.26. The van der Waals surface area contributed by atoms with E-state index in [1.54, 1.807) is 12.1 Å².